The number of rotatable bonds is 9. The number of aromatic hydroxyl groups is 3. The summed E-state index contributed by atoms with van der Waals surface area (Å²) in [5.74, 6) is -1.53. The molecule has 5 heterocycles. The third-order valence-corrected chi connectivity index (χ3v) is 12.6. The van der Waals surface area contributed by atoms with Crippen molar-refractivity contribution < 1.29 is 44.0 Å². The van der Waals surface area contributed by atoms with Crippen LogP contribution in [0.5, 0.6) is 17.2 Å². The second kappa shape index (κ2) is 16.6. The number of phenolic OH excluding ortho intramolecular Hbond substituents is 3. The van der Waals surface area contributed by atoms with Crippen LogP contribution >= 0.6 is 0 Å². The zero-order valence-electron chi connectivity index (χ0n) is 35.7. The van der Waals surface area contributed by atoms with E-state index in [2.05, 4.69) is 11.8 Å². The fourth-order valence-electron chi connectivity index (χ4n) is 9.14. The molecule has 1 saturated heterocycles. The number of nitrogens with zero attached hydrogens (tertiary/aromatic N) is 5. The molecule has 328 valence electrons. The third-order valence-electron chi connectivity index (χ3n) is 12.6. The molecule has 3 aromatic carbocycles. The first kappa shape index (κ1) is 42.6. The van der Waals surface area contributed by atoms with E-state index in [1.165, 1.54) is 11.0 Å². The van der Waals surface area contributed by atoms with Crippen molar-refractivity contribution in [1.82, 2.24) is 19.7 Å². The minimum Gasteiger partial charge on any atom is -0.508 e. The fraction of sp³-hybridized carbons (Fsp3) is 0.362. The van der Waals surface area contributed by atoms with Crippen molar-refractivity contribution >= 4 is 52.1 Å². The summed E-state index contributed by atoms with van der Waals surface area (Å²) in [5.41, 5.74) is 11.7. The van der Waals surface area contributed by atoms with Crippen LogP contribution in [0.25, 0.3) is 16.6 Å². The standard InChI is InChI=1S/C47H51N7O9/c1-5-31-33-19-30(55)12-13-37(33)50-42-35(31)24-53-23-28-25-62-44(59)47(6-2,36(28)21-38(42)53)63-46(61)52-17-15-51(16-18-52)41(58)14-9-27-7-10-29(11-8-27)54(45(49)60)43(48)34-20-32(26(3)4)39(56)22-40(34)57/h7-8,10-13,19-22,26,48,55-57H,5-6,9,14-18,23-25H2,1-4H3,(H2,49,60). The van der Waals surface area contributed by atoms with Gasteiger partial charge in [-0.1, -0.05) is 39.8 Å². The lowest BCUT2D eigenvalue weighted by molar-refractivity contribution is -0.164. The zero-order valence-corrected chi connectivity index (χ0v) is 35.7. The molecule has 0 bridgehead atoms. The lowest BCUT2D eigenvalue weighted by atomic mass is 9.82. The summed E-state index contributed by atoms with van der Waals surface area (Å²) in [6.07, 6.45) is 2.72. The van der Waals surface area contributed by atoms with Crippen molar-refractivity contribution in [2.75, 3.05) is 44.2 Å². The highest BCUT2D eigenvalue weighted by molar-refractivity contribution is 6.22. The van der Waals surface area contributed by atoms with E-state index in [-0.39, 0.29) is 91.8 Å². The number of cyclic esters (lactones) is 1. The van der Waals surface area contributed by atoms with Crippen molar-refractivity contribution in [3.63, 3.8) is 0 Å². The van der Waals surface area contributed by atoms with Gasteiger partial charge in [0.1, 0.15) is 29.7 Å². The number of carbonyl (C=O) groups excluding carboxylic acids is 4. The van der Waals surface area contributed by atoms with Gasteiger partial charge in [-0.15, -0.1) is 0 Å². The van der Waals surface area contributed by atoms with E-state index in [0.717, 1.165) is 61.9 Å². The van der Waals surface area contributed by atoms with Crippen LogP contribution < -0.4 is 10.6 Å². The van der Waals surface area contributed by atoms with Crippen LogP contribution in [-0.4, -0.2) is 110 Å². The van der Waals surface area contributed by atoms with E-state index in [0.29, 0.717) is 30.6 Å². The van der Waals surface area contributed by atoms with E-state index in [1.54, 1.807) is 54.3 Å². The van der Waals surface area contributed by atoms with Crippen molar-refractivity contribution in [2.24, 2.45) is 5.73 Å². The molecule has 4 aromatic rings. The number of phenols is 3. The molecule has 4 aliphatic rings. The molecule has 4 amide bonds. The Morgan fingerprint density at radius 1 is 0.968 bits per heavy atom. The number of aryl methyl sites for hydroxylation is 2. The number of hydrogen-bond acceptors (Lipinski definition) is 12. The number of amides is 4. The predicted octanol–water partition coefficient (Wildman–Crippen LogP) is 6.03. The SMILES string of the molecule is CCc1c2c(nc3ccc(O)cc13)C1=CC3=C(COC(=O)C3(CC)OC(=O)N3CCN(C(=O)CCc4ccc(N(C(=N)c5cc(C(C)C)c(O)cc5O)C(N)=O)cc4)CC3)CN1C2. The molecule has 63 heavy (non-hydrogen) atoms. The van der Waals surface area contributed by atoms with Gasteiger partial charge >= 0.3 is 18.1 Å². The molecule has 4 aliphatic heterocycles. The van der Waals surface area contributed by atoms with Crippen molar-refractivity contribution in [3.05, 3.63) is 105 Å². The van der Waals surface area contributed by atoms with Gasteiger partial charge in [-0.3, -0.25) is 10.2 Å². The average molecular weight is 858 g/mol. The summed E-state index contributed by atoms with van der Waals surface area (Å²) in [6.45, 7) is 9.70. The summed E-state index contributed by atoms with van der Waals surface area (Å²) in [5, 5.41) is 40.6. The normalized spacial score (nSPS) is 18.1. The number of aromatic nitrogens is 1. The minimum absolute atomic E-state index is 0.0289. The van der Waals surface area contributed by atoms with Crippen LogP contribution in [0.1, 0.15) is 80.0 Å². The number of nitrogens with two attached hydrogens (primary N) is 1. The Bertz CT molecular complexity index is 2630. The summed E-state index contributed by atoms with van der Waals surface area (Å²) in [4.78, 5) is 64.8. The maximum absolute atomic E-state index is 13.9. The van der Waals surface area contributed by atoms with Crippen LogP contribution in [0.15, 0.2) is 71.8 Å². The number of urea groups is 1. The van der Waals surface area contributed by atoms with Gasteiger partial charge in [0.15, 0.2) is 0 Å². The molecule has 16 heteroatoms. The number of nitrogens with one attached hydrogen (secondary N) is 1. The summed E-state index contributed by atoms with van der Waals surface area (Å²) < 4.78 is 11.9. The Morgan fingerprint density at radius 3 is 2.35 bits per heavy atom. The summed E-state index contributed by atoms with van der Waals surface area (Å²) in [7, 11) is 0. The van der Waals surface area contributed by atoms with Gasteiger partial charge < -0.3 is 45.2 Å². The second-order valence-corrected chi connectivity index (χ2v) is 16.6. The number of primary amides is 1. The van der Waals surface area contributed by atoms with Gasteiger partial charge in [-0.05, 0) is 89.9 Å². The van der Waals surface area contributed by atoms with Gasteiger partial charge in [0.25, 0.3) is 0 Å². The number of piperazine rings is 1. The summed E-state index contributed by atoms with van der Waals surface area (Å²) >= 11 is 0. The Hall–Kier alpha value is -7.10. The van der Waals surface area contributed by atoms with Gasteiger partial charge in [-0.2, -0.15) is 0 Å². The Morgan fingerprint density at radius 2 is 1.68 bits per heavy atom. The molecule has 0 radical (unpaired) electrons. The molecule has 1 atom stereocenters. The molecule has 0 saturated carbocycles. The molecule has 0 spiro atoms. The molecule has 0 aliphatic carbocycles. The van der Waals surface area contributed by atoms with Crippen LogP contribution in [-0.2, 0) is 38.4 Å². The first-order chi connectivity index (χ1) is 30.1. The summed E-state index contributed by atoms with van der Waals surface area (Å²) in [6, 6.07) is 13.5. The zero-order chi connectivity index (χ0) is 44.9. The van der Waals surface area contributed by atoms with Crippen LogP contribution in [0, 0.1) is 5.41 Å². The number of benzene rings is 3. The number of fused-ring (bicyclic) bond motifs is 4. The number of esters is 1. The first-order valence-electron chi connectivity index (χ1n) is 21.2. The van der Waals surface area contributed by atoms with Gasteiger partial charge in [-0.25, -0.2) is 24.3 Å². The molecule has 6 N–H and O–H groups in total. The largest absolute Gasteiger partial charge is 0.508 e. The molecular weight excluding hydrogens is 807 g/mol. The number of carbonyl (C=O) groups is 4. The quantitative estimate of drug-likeness (QED) is 0.0742. The Kier molecular flexibility index (Phi) is 11.2. The van der Waals surface area contributed by atoms with Crippen molar-refractivity contribution in [2.45, 2.75) is 71.4 Å². The average Bonchev–Trinajstić information content (AvgIpc) is 3.62. The monoisotopic (exact) mass is 857 g/mol. The van der Waals surface area contributed by atoms with Crippen LogP contribution in [0.3, 0.4) is 0 Å². The maximum Gasteiger partial charge on any atom is 0.411 e. The number of amidine groups is 1. The number of hydrogen-bond donors (Lipinski definition) is 5. The Labute approximate surface area is 364 Å². The van der Waals surface area contributed by atoms with Gasteiger partial charge in [0.05, 0.1) is 28.2 Å². The maximum atomic E-state index is 13.9. The molecule has 1 aromatic heterocycles. The topological polar surface area (TPSA) is 223 Å². The number of pyridine rings is 1. The van der Waals surface area contributed by atoms with Gasteiger partial charge in [0, 0.05) is 68.3 Å². The highest BCUT2D eigenvalue weighted by Crippen LogP contribution is 2.46. The van der Waals surface area contributed by atoms with E-state index >= 15 is 0 Å². The Balaban J connectivity index is 0.902. The van der Waals surface area contributed by atoms with Crippen LogP contribution in [0.4, 0.5) is 15.3 Å². The first-order valence-corrected chi connectivity index (χ1v) is 21.2. The lowest BCUT2D eigenvalue weighted by Crippen LogP contribution is -2.55. The molecule has 1 fully saturated rings. The molecule has 16 nitrogen and oxygen atoms in total. The lowest BCUT2D eigenvalue weighted by Gasteiger charge is -2.42. The molecule has 8 rings (SSSR count). The third kappa shape index (κ3) is 7.63. The number of ether oxygens (including phenoxy) is 2. The predicted molar refractivity (Wildman–Crippen MR) is 234 cm³/mol. The van der Waals surface area contributed by atoms with Gasteiger partial charge in [0.2, 0.25) is 11.5 Å². The molecular formula is C47H51N7O9. The van der Waals surface area contributed by atoms with Crippen LogP contribution in [0.2, 0.25) is 0 Å². The van der Waals surface area contributed by atoms with Crippen molar-refractivity contribution in [3.8, 4) is 17.2 Å². The minimum atomic E-state index is -1.66. The van der Waals surface area contributed by atoms with E-state index in [1.807, 2.05) is 19.9 Å². The van der Waals surface area contributed by atoms with E-state index in [9.17, 15) is 34.5 Å². The second-order valence-electron chi connectivity index (χ2n) is 16.6. The number of anilines is 1. The fourth-order valence-corrected chi connectivity index (χ4v) is 9.14. The van der Waals surface area contributed by atoms with E-state index < -0.39 is 23.7 Å². The smallest absolute Gasteiger partial charge is 0.411 e. The molecule has 1 unspecified atom stereocenters. The highest BCUT2D eigenvalue weighted by Gasteiger charge is 2.52. The highest BCUT2D eigenvalue weighted by atomic mass is 16.6. The van der Waals surface area contributed by atoms with Crippen molar-refractivity contribution in [1.29, 1.82) is 5.41 Å². The van der Waals surface area contributed by atoms with E-state index in [4.69, 9.17) is 25.6 Å².